The molecule has 4 aromatic rings. The molecule has 5 heteroatoms. The summed E-state index contributed by atoms with van der Waals surface area (Å²) in [6.45, 7) is 0. The summed E-state index contributed by atoms with van der Waals surface area (Å²) in [5.41, 5.74) is 1.67. The number of hydrogen-bond donors (Lipinski definition) is 0. The first kappa shape index (κ1) is 11.8. The average molecular weight is 279 g/mol. The monoisotopic (exact) mass is 279 g/mol. The Bertz CT molecular complexity index is 912. The molecule has 0 amide bonds. The standard InChI is InChI=1S/C16H10FN3O/c17-11-5-1-2-7-13(11)20-15-12(6-3-9-18-15)19-16(20)14-8-4-10-21-14/h1-10H. The number of para-hydroxylation sites is 1. The molecule has 1 aromatic carbocycles. The predicted molar refractivity (Wildman–Crippen MR) is 76.5 cm³/mol. The third-order valence-corrected chi connectivity index (χ3v) is 3.25. The lowest BCUT2D eigenvalue weighted by atomic mass is 10.3. The van der Waals surface area contributed by atoms with E-state index in [0.29, 0.717) is 28.4 Å². The Kier molecular flexibility index (Phi) is 2.57. The zero-order valence-electron chi connectivity index (χ0n) is 10.9. The average Bonchev–Trinajstić information content (AvgIpc) is 3.15. The van der Waals surface area contributed by atoms with Crippen molar-refractivity contribution in [3.8, 4) is 17.3 Å². The second kappa shape index (κ2) is 4.56. The molecule has 0 N–H and O–H groups in total. The van der Waals surface area contributed by atoms with Gasteiger partial charge in [0, 0.05) is 6.20 Å². The smallest absolute Gasteiger partial charge is 0.183 e. The van der Waals surface area contributed by atoms with Crippen LogP contribution in [0, 0.1) is 5.82 Å². The Balaban J connectivity index is 2.11. The van der Waals surface area contributed by atoms with Crippen LogP contribution in [-0.4, -0.2) is 14.5 Å². The van der Waals surface area contributed by atoms with Crippen molar-refractivity contribution in [2.24, 2.45) is 0 Å². The summed E-state index contributed by atoms with van der Waals surface area (Å²) in [6, 6.07) is 13.7. The van der Waals surface area contributed by atoms with E-state index in [4.69, 9.17) is 4.42 Å². The van der Waals surface area contributed by atoms with E-state index in [1.165, 1.54) is 6.07 Å². The number of benzene rings is 1. The summed E-state index contributed by atoms with van der Waals surface area (Å²) in [7, 11) is 0. The zero-order chi connectivity index (χ0) is 14.2. The summed E-state index contributed by atoms with van der Waals surface area (Å²) in [5, 5.41) is 0. The van der Waals surface area contributed by atoms with Crippen LogP contribution in [0.2, 0.25) is 0 Å². The third kappa shape index (κ3) is 1.82. The summed E-state index contributed by atoms with van der Waals surface area (Å²) in [5.74, 6) is 0.755. The van der Waals surface area contributed by atoms with Crippen LogP contribution in [0.1, 0.15) is 0 Å². The van der Waals surface area contributed by atoms with Crippen molar-refractivity contribution >= 4 is 11.2 Å². The minimum absolute atomic E-state index is 0.338. The molecule has 0 spiro atoms. The molecule has 102 valence electrons. The first-order valence-corrected chi connectivity index (χ1v) is 6.47. The van der Waals surface area contributed by atoms with E-state index < -0.39 is 0 Å². The highest BCUT2D eigenvalue weighted by atomic mass is 19.1. The highest BCUT2D eigenvalue weighted by Gasteiger charge is 2.18. The number of imidazole rings is 1. The summed E-state index contributed by atoms with van der Waals surface area (Å²) in [4.78, 5) is 8.83. The highest BCUT2D eigenvalue weighted by molar-refractivity contribution is 5.78. The Hall–Kier alpha value is -2.95. The molecule has 0 aliphatic carbocycles. The van der Waals surface area contributed by atoms with E-state index >= 15 is 0 Å². The largest absolute Gasteiger partial charge is 0.461 e. The van der Waals surface area contributed by atoms with Gasteiger partial charge in [-0.05, 0) is 36.4 Å². The first-order valence-electron chi connectivity index (χ1n) is 6.47. The van der Waals surface area contributed by atoms with Crippen molar-refractivity contribution in [1.29, 1.82) is 0 Å². The molecule has 3 aromatic heterocycles. The van der Waals surface area contributed by atoms with Crippen LogP contribution < -0.4 is 0 Å². The topological polar surface area (TPSA) is 43.9 Å². The van der Waals surface area contributed by atoms with Gasteiger partial charge in [-0.15, -0.1) is 0 Å². The van der Waals surface area contributed by atoms with Gasteiger partial charge in [0.1, 0.15) is 11.3 Å². The lowest BCUT2D eigenvalue weighted by Crippen LogP contribution is -2.00. The van der Waals surface area contributed by atoms with Crippen LogP contribution in [0.3, 0.4) is 0 Å². The van der Waals surface area contributed by atoms with Crippen molar-refractivity contribution < 1.29 is 8.81 Å². The van der Waals surface area contributed by atoms with Crippen LogP contribution in [0.15, 0.2) is 65.4 Å². The summed E-state index contributed by atoms with van der Waals surface area (Å²) >= 11 is 0. The van der Waals surface area contributed by atoms with Gasteiger partial charge in [0.05, 0.1) is 12.0 Å². The van der Waals surface area contributed by atoms with E-state index in [-0.39, 0.29) is 5.82 Å². The van der Waals surface area contributed by atoms with E-state index in [2.05, 4.69) is 9.97 Å². The maximum Gasteiger partial charge on any atom is 0.183 e. The minimum atomic E-state index is -0.338. The number of aromatic nitrogens is 3. The summed E-state index contributed by atoms with van der Waals surface area (Å²) in [6.07, 6.45) is 3.22. The predicted octanol–water partition coefficient (Wildman–Crippen LogP) is 3.82. The van der Waals surface area contributed by atoms with E-state index in [0.717, 1.165) is 0 Å². The van der Waals surface area contributed by atoms with Gasteiger partial charge in [0.25, 0.3) is 0 Å². The molecule has 0 aliphatic heterocycles. The molecule has 21 heavy (non-hydrogen) atoms. The van der Waals surface area contributed by atoms with Crippen molar-refractivity contribution in [3.63, 3.8) is 0 Å². The Morgan fingerprint density at radius 1 is 1.00 bits per heavy atom. The number of furan rings is 1. The molecule has 0 fully saturated rings. The van der Waals surface area contributed by atoms with Crippen molar-refractivity contribution in [3.05, 3.63) is 66.8 Å². The van der Waals surface area contributed by atoms with Gasteiger partial charge in [0.15, 0.2) is 17.2 Å². The highest BCUT2D eigenvalue weighted by Crippen LogP contribution is 2.28. The van der Waals surface area contributed by atoms with Gasteiger partial charge in [-0.2, -0.15) is 0 Å². The molecule has 0 bridgehead atoms. The van der Waals surface area contributed by atoms with Crippen molar-refractivity contribution in [2.45, 2.75) is 0 Å². The maximum absolute atomic E-state index is 14.2. The summed E-state index contributed by atoms with van der Waals surface area (Å²) < 4.78 is 21.3. The molecule has 0 saturated carbocycles. The van der Waals surface area contributed by atoms with Gasteiger partial charge in [-0.3, -0.25) is 4.57 Å². The van der Waals surface area contributed by atoms with E-state index in [1.807, 2.05) is 6.07 Å². The molecule has 4 rings (SSSR count). The number of nitrogens with zero attached hydrogens (tertiary/aromatic N) is 3. The van der Waals surface area contributed by atoms with Gasteiger partial charge in [-0.25, -0.2) is 14.4 Å². The fourth-order valence-electron chi connectivity index (χ4n) is 2.34. The second-order valence-corrected chi connectivity index (χ2v) is 4.55. The fraction of sp³-hybridized carbons (Fsp3) is 0. The number of halogens is 1. The maximum atomic E-state index is 14.2. The SMILES string of the molecule is Fc1ccccc1-n1c(-c2ccco2)nc2cccnc21. The van der Waals surface area contributed by atoms with Crippen LogP contribution in [0.25, 0.3) is 28.4 Å². The van der Waals surface area contributed by atoms with Crippen LogP contribution in [0.4, 0.5) is 4.39 Å². The first-order chi connectivity index (χ1) is 10.3. The molecular weight excluding hydrogens is 269 g/mol. The lowest BCUT2D eigenvalue weighted by Gasteiger charge is -2.08. The van der Waals surface area contributed by atoms with Crippen molar-refractivity contribution in [2.75, 3.05) is 0 Å². The van der Waals surface area contributed by atoms with Crippen LogP contribution in [0.5, 0.6) is 0 Å². The van der Waals surface area contributed by atoms with Crippen LogP contribution in [-0.2, 0) is 0 Å². The quantitative estimate of drug-likeness (QED) is 0.560. The Morgan fingerprint density at radius 2 is 1.90 bits per heavy atom. The molecule has 3 heterocycles. The Labute approximate surface area is 119 Å². The number of pyridine rings is 1. The number of fused-ring (bicyclic) bond motifs is 1. The van der Waals surface area contributed by atoms with Gasteiger partial charge in [0.2, 0.25) is 0 Å². The van der Waals surface area contributed by atoms with Crippen LogP contribution >= 0.6 is 0 Å². The second-order valence-electron chi connectivity index (χ2n) is 4.55. The van der Waals surface area contributed by atoms with Gasteiger partial charge in [-0.1, -0.05) is 12.1 Å². The number of hydrogen-bond acceptors (Lipinski definition) is 3. The molecular formula is C16H10FN3O. The fourth-order valence-corrected chi connectivity index (χ4v) is 2.34. The van der Waals surface area contributed by atoms with Crippen molar-refractivity contribution in [1.82, 2.24) is 14.5 Å². The van der Waals surface area contributed by atoms with Gasteiger partial charge < -0.3 is 4.42 Å². The normalized spacial score (nSPS) is 11.1. The third-order valence-electron chi connectivity index (χ3n) is 3.25. The molecule has 0 saturated heterocycles. The van der Waals surface area contributed by atoms with E-state index in [9.17, 15) is 4.39 Å². The molecule has 4 nitrogen and oxygen atoms in total. The molecule has 0 unspecified atom stereocenters. The molecule has 0 radical (unpaired) electrons. The van der Waals surface area contributed by atoms with Gasteiger partial charge >= 0.3 is 0 Å². The zero-order valence-corrected chi connectivity index (χ0v) is 10.9. The molecule has 0 aliphatic rings. The van der Waals surface area contributed by atoms with E-state index in [1.54, 1.807) is 53.4 Å². The minimum Gasteiger partial charge on any atom is -0.461 e. The molecule has 0 atom stereocenters. The lowest BCUT2D eigenvalue weighted by molar-refractivity contribution is 0.574. The Morgan fingerprint density at radius 3 is 2.71 bits per heavy atom. The number of rotatable bonds is 2.